The van der Waals surface area contributed by atoms with Gasteiger partial charge in [0, 0.05) is 22.6 Å². The van der Waals surface area contributed by atoms with Gasteiger partial charge in [-0.05, 0) is 55.8 Å². The van der Waals surface area contributed by atoms with Gasteiger partial charge in [0.2, 0.25) is 6.23 Å². The second kappa shape index (κ2) is 8.10. The number of benzene rings is 3. The Balaban J connectivity index is 1.56. The first-order chi connectivity index (χ1) is 15.0. The Labute approximate surface area is 192 Å². The van der Waals surface area contributed by atoms with Crippen LogP contribution in [0.3, 0.4) is 0 Å². The largest absolute Gasteiger partial charge is 0.491 e. The van der Waals surface area contributed by atoms with Gasteiger partial charge in [-0.25, -0.2) is 5.01 Å². The Hall–Kier alpha value is -2.69. The van der Waals surface area contributed by atoms with Gasteiger partial charge in [-0.3, -0.25) is 0 Å². The fourth-order valence-corrected chi connectivity index (χ4v) is 4.68. The summed E-state index contributed by atoms with van der Waals surface area (Å²) in [6.45, 7) is 4.02. The molecule has 0 N–H and O–H groups in total. The molecular weight excluding hydrogens is 431 g/mol. The van der Waals surface area contributed by atoms with E-state index in [1.54, 1.807) is 6.07 Å². The number of rotatable bonds is 4. The lowest BCUT2D eigenvalue weighted by Gasteiger charge is -2.38. The van der Waals surface area contributed by atoms with Crippen LogP contribution < -0.4 is 9.47 Å². The highest BCUT2D eigenvalue weighted by Crippen LogP contribution is 2.50. The molecule has 0 amide bonds. The molecule has 2 aliphatic rings. The third-order valence-electron chi connectivity index (χ3n) is 5.45. The predicted octanol–water partition coefficient (Wildman–Crippen LogP) is 7.02. The highest BCUT2D eigenvalue weighted by molar-refractivity contribution is 6.35. The van der Waals surface area contributed by atoms with Gasteiger partial charge in [0.1, 0.15) is 11.5 Å². The summed E-state index contributed by atoms with van der Waals surface area (Å²) >= 11 is 12.9. The van der Waals surface area contributed by atoms with E-state index in [2.05, 4.69) is 12.1 Å². The molecule has 5 rings (SSSR count). The van der Waals surface area contributed by atoms with Crippen molar-refractivity contribution in [1.29, 1.82) is 0 Å². The van der Waals surface area contributed by atoms with Crippen molar-refractivity contribution in [2.45, 2.75) is 38.6 Å². The summed E-state index contributed by atoms with van der Waals surface area (Å²) in [6.07, 6.45) is 0.473. The molecule has 4 nitrogen and oxygen atoms in total. The first kappa shape index (κ1) is 20.2. The van der Waals surface area contributed by atoms with Gasteiger partial charge in [-0.2, -0.15) is 5.10 Å². The molecule has 3 aromatic carbocycles. The first-order valence-corrected chi connectivity index (χ1v) is 11.1. The Morgan fingerprint density at radius 3 is 2.48 bits per heavy atom. The van der Waals surface area contributed by atoms with Crippen LogP contribution in [0.1, 0.15) is 49.2 Å². The van der Waals surface area contributed by atoms with Crippen LogP contribution in [0, 0.1) is 0 Å². The standard InChI is InChI=1S/C25H22Cl2N2O2/c1-15(2)30-19-10-8-17(9-11-19)25-29-23(14-22(28-29)16-6-4-3-5-7-16)20-12-18(26)13-21(27)24(20)31-25/h3-13,15,23,25H,14H2,1-2H3/t23-,25-/m1/s1. The molecule has 0 saturated heterocycles. The van der Waals surface area contributed by atoms with Crippen LogP contribution in [0.2, 0.25) is 10.0 Å². The van der Waals surface area contributed by atoms with E-state index in [1.165, 1.54) is 0 Å². The Morgan fingerprint density at radius 1 is 1.03 bits per heavy atom. The fourth-order valence-electron chi connectivity index (χ4n) is 4.12. The molecule has 0 radical (unpaired) electrons. The third kappa shape index (κ3) is 3.86. The van der Waals surface area contributed by atoms with Crippen LogP contribution in [-0.4, -0.2) is 16.8 Å². The van der Waals surface area contributed by atoms with E-state index in [9.17, 15) is 0 Å². The summed E-state index contributed by atoms with van der Waals surface area (Å²) in [4.78, 5) is 0. The van der Waals surface area contributed by atoms with Gasteiger partial charge in [0.25, 0.3) is 0 Å². The lowest BCUT2D eigenvalue weighted by molar-refractivity contribution is -0.0189. The summed E-state index contributed by atoms with van der Waals surface area (Å²) in [5.74, 6) is 1.50. The highest BCUT2D eigenvalue weighted by atomic mass is 35.5. The van der Waals surface area contributed by atoms with Crippen molar-refractivity contribution < 1.29 is 9.47 Å². The van der Waals surface area contributed by atoms with Crippen molar-refractivity contribution in [3.05, 3.63) is 93.5 Å². The van der Waals surface area contributed by atoms with E-state index < -0.39 is 6.23 Å². The van der Waals surface area contributed by atoms with Gasteiger partial charge in [-0.1, -0.05) is 53.5 Å². The number of halogens is 2. The van der Waals surface area contributed by atoms with Crippen LogP contribution in [0.25, 0.3) is 0 Å². The summed E-state index contributed by atoms with van der Waals surface area (Å²) < 4.78 is 12.2. The molecule has 0 fully saturated rings. The summed E-state index contributed by atoms with van der Waals surface area (Å²) in [7, 11) is 0. The van der Waals surface area contributed by atoms with Crippen molar-refractivity contribution >= 4 is 28.9 Å². The average molecular weight is 453 g/mol. The SMILES string of the molecule is CC(C)Oc1ccc([C@H]2Oc3c(Cl)cc(Cl)cc3[C@H]3CC(c4ccccc4)=NN32)cc1. The smallest absolute Gasteiger partial charge is 0.213 e. The second-order valence-electron chi connectivity index (χ2n) is 8.02. The quantitative estimate of drug-likeness (QED) is 0.426. The van der Waals surface area contributed by atoms with E-state index in [4.69, 9.17) is 37.8 Å². The van der Waals surface area contributed by atoms with Gasteiger partial charge in [-0.15, -0.1) is 0 Å². The normalized spacial score (nSPS) is 19.5. The Kier molecular flexibility index (Phi) is 5.28. The fraction of sp³-hybridized carbons (Fsp3) is 0.240. The molecule has 0 spiro atoms. The van der Waals surface area contributed by atoms with Crippen LogP contribution in [0.4, 0.5) is 0 Å². The van der Waals surface area contributed by atoms with E-state index in [-0.39, 0.29) is 12.1 Å². The number of hydrogen-bond donors (Lipinski definition) is 0. The van der Waals surface area contributed by atoms with Crippen LogP contribution in [-0.2, 0) is 0 Å². The molecule has 2 atom stereocenters. The lowest BCUT2D eigenvalue weighted by Crippen LogP contribution is -2.33. The lowest BCUT2D eigenvalue weighted by atomic mass is 9.96. The van der Waals surface area contributed by atoms with E-state index >= 15 is 0 Å². The molecule has 158 valence electrons. The molecule has 3 aromatic rings. The first-order valence-electron chi connectivity index (χ1n) is 10.3. The van der Waals surface area contributed by atoms with Crippen molar-refractivity contribution in [2.24, 2.45) is 5.10 Å². The molecule has 2 heterocycles. The number of ether oxygens (including phenoxy) is 2. The number of hydrazone groups is 1. The Morgan fingerprint density at radius 2 is 1.77 bits per heavy atom. The molecule has 0 saturated carbocycles. The molecule has 0 aliphatic carbocycles. The summed E-state index contributed by atoms with van der Waals surface area (Å²) in [6, 6.07) is 21.8. The van der Waals surface area contributed by atoms with Crippen molar-refractivity contribution in [3.8, 4) is 11.5 Å². The van der Waals surface area contributed by atoms with Crippen LogP contribution >= 0.6 is 23.2 Å². The van der Waals surface area contributed by atoms with Crippen LogP contribution in [0.5, 0.6) is 11.5 Å². The monoisotopic (exact) mass is 452 g/mol. The molecule has 0 aromatic heterocycles. The average Bonchev–Trinajstić information content (AvgIpc) is 3.20. The topological polar surface area (TPSA) is 34.1 Å². The van der Waals surface area contributed by atoms with Crippen molar-refractivity contribution in [2.75, 3.05) is 0 Å². The molecule has 0 unspecified atom stereocenters. The molecule has 6 heteroatoms. The minimum absolute atomic E-state index is 0.00764. The minimum atomic E-state index is -0.398. The van der Waals surface area contributed by atoms with E-state index in [0.29, 0.717) is 15.8 Å². The third-order valence-corrected chi connectivity index (χ3v) is 5.95. The molecule has 0 bridgehead atoms. The number of nitrogens with zero attached hydrogens (tertiary/aromatic N) is 2. The number of fused-ring (bicyclic) bond motifs is 3. The van der Waals surface area contributed by atoms with Crippen molar-refractivity contribution in [3.63, 3.8) is 0 Å². The van der Waals surface area contributed by atoms with Crippen LogP contribution in [0.15, 0.2) is 71.8 Å². The van der Waals surface area contributed by atoms with E-state index in [1.807, 2.05) is 67.4 Å². The summed E-state index contributed by atoms with van der Waals surface area (Å²) in [5, 5.41) is 8.10. The zero-order valence-electron chi connectivity index (χ0n) is 17.3. The Bertz CT molecular complexity index is 1130. The molecular formula is C25H22Cl2N2O2. The zero-order chi connectivity index (χ0) is 21.5. The molecule has 2 aliphatic heterocycles. The van der Waals surface area contributed by atoms with E-state index in [0.717, 1.165) is 34.6 Å². The maximum absolute atomic E-state index is 6.54. The maximum Gasteiger partial charge on any atom is 0.213 e. The predicted molar refractivity (Wildman–Crippen MR) is 124 cm³/mol. The van der Waals surface area contributed by atoms with Gasteiger partial charge in [0.05, 0.1) is 22.9 Å². The summed E-state index contributed by atoms with van der Waals surface area (Å²) in [5.41, 5.74) is 4.06. The van der Waals surface area contributed by atoms with Gasteiger partial charge < -0.3 is 9.47 Å². The highest BCUT2D eigenvalue weighted by Gasteiger charge is 2.42. The number of hydrogen-bond acceptors (Lipinski definition) is 4. The molecule has 31 heavy (non-hydrogen) atoms. The zero-order valence-corrected chi connectivity index (χ0v) is 18.8. The maximum atomic E-state index is 6.54. The second-order valence-corrected chi connectivity index (χ2v) is 8.87. The van der Waals surface area contributed by atoms with Gasteiger partial charge >= 0.3 is 0 Å². The minimum Gasteiger partial charge on any atom is -0.491 e. The van der Waals surface area contributed by atoms with Gasteiger partial charge in [0.15, 0.2) is 0 Å². The van der Waals surface area contributed by atoms with Crippen molar-refractivity contribution in [1.82, 2.24) is 5.01 Å².